The van der Waals surface area contributed by atoms with Gasteiger partial charge in [-0.25, -0.2) is 0 Å². The molecule has 1 aliphatic rings. The van der Waals surface area contributed by atoms with Gasteiger partial charge in [0.15, 0.2) is 0 Å². The van der Waals surface area contributed by atoms with Gasteiger partial charge in [-0.05, 0) is 23.3 Å². The number of nitrogens with zero attached hydrogens (tertiary/aromatic N) is 1. The molecule has 11 heavy (non-hydrogen) atoms. The van der Waals surface area contributed by atoms with Gasteiger partial charge < -0.3 is 5.32 Å². The zero-order valence-corrected chi connectivity index (χ0v) is 6.25. The Morgan fingerprint density at radius 1 is 1.45 bits per heavy atom. The van der Waals surface area contributed by atoms with Crippen LogP contribution in [-0.2, 0) is 6.54 Å². The minimum Gasteiger partial charge on any atom is -0.446 e. The van der Waals surface area contributed by atoms with Gasteiger partial charge in [0.25, 0.3) is 0 Å². The highest BCUT2D eigenvalue weighted by molar-refractivity contribution is 5.84. The summed E-state index contributed by atoms with van der Waals surface area (Å²) < 4.78 is 0. The van der Waals surface area contributed by atoms with Crippen LogP contribution in [0.2, 0.25) is 0 Å². The first-order chi connectivity index (χ1) is 5.40. The largest absolute Gasteiger partial charge is 0.446 e. The Hall–Kier alpha value is -1.15. The summed E-state index contributed by atoms with van der Waals surface area (Å²) >= 11 is 0. The van der Waals surface area contributed by atoms with Gasteiger partial charge >= 0.3 is 0 Å². The van der Waals surface area contributed by atoms with Gasteiger partial charge in [-0.1, -0.05) is 0 Å². The molecule has 0 aromatic heterocycles. The summed E-state index contributed by atoms with van der Waals surface area (Å²) in [6.07, 6.45) is 1.92. The quantitative estimate of drug-likeness (QED) is 0.444. The van der Waals surface area contributed by atoms with E-state index in [1.165, 1.54) is 16.8 Å². The van der Waals surface area contributed by atoms with Crippen LogP contribution in [0.3, 0.4) is 0 Å². The molecule has 56 valence electrons. The zero-order chi connectivity index (χ0) is 7.68. The van der Waals surface area contributed by atoms with Crippen molar-refractivity contribution in [1.82, 2.24) is 0 Å². The van der Waals surface area contributed by atoms with Gasteiger partial charge in [-0.3, -0.25) is 4.99 Å². The average molecular weight is 146 g/mol. The Morgan fingerprint density at radius 3 is 3.18 bits per heavy atom. The lowest BCUT2D eigenvalue weighted by Crippen LogP contribution is -2.69. The molecule has 2 N–H and O–H groups in total. The van der Waals surface area contributed by atoms with Crippen LogP contribution in [0, 0.1) is 7.05 Å². The third kappa shape index (κ3) is 1.05. The summed E-state index contributed by atoms with van der Waals surface area (Å²) in [5.41, 5.74) is 3.73. The van der Waals surface area contributed by atoms with Crippen molar-refractivity contribution < 1.29 is 5.32 Å². The van der Waals surface area contributed by atoms with Gasteiger partial charge in [-0.15, -0.1) is 7.05 Å². The summed E-state index contributed by atoms with van der Waals surface area (Å²) in [5, 5.41) is 1.86. The van der Waals surface area contributed by atoms with Gasteiger partial charge in [0.1, 0.15) is 5.69 Å². The highest BCUT2D eigenvalue weighted by Gasteiger charge is 2.05. The summed E-state index contributed by atoms with van der Waals surface area (Å²) in [5.74, 6) is 0. The molecule has 0 aliphatic carbocycles. The van der Waals surface area contributed by atoms with Crippen molar-refractivity contribution in [3.63, 3.8) is 0 Å². The molecule has 0 unspecified atom stereocenters. The fraction of sp³-hybridized carbons (Fsp3) is 0.111. The Labute approximate surface area is 66.0 Å². The molecule has 0 bridgehead atoms. The lowest BCUT2D eigenvalue weighted by Gasteiger charge is -2.01. The number of hydrogen-bond donors (Lipinski definition) is 1. The Bertz CT molecular complexity index is 302. The number of aliphatic imine (C=N–C) groups is 1. The van der Waals surface area contributed by atoms with Crippen LogP contribution < -0.4 is 5.32 Å². The van der Waals surface area contributed by atoms with E-state index in [1.54, 1.807) is 0 Å². The van der Waals surface area contributed by atoms with Gasteiger partial charge in [0.2, 0.25) is 0 Å². The second kappa shape index (κ2) is 2.47. The smallest absolute Gasteiger partial charge is 0.103 e. The first-order valence-corrected chi connectivity index (χ1v) is 3.65. The second-order valence-electron chi connectivity index (χ2n) is 2.63. The summed E-state index contributed by atoms with van der Waals surface area (Å²) in [6, 6.07) is 6.28. The molecule has 2 nitrogen and oxygen atoms in total. The molecule has 0 saturated heterocycles. The standard InChI is InChI=1S/C9H10N2/c1-10-9-3-2-7-5-11-6-8(7)4-9/h2-5H,1,6,10H2. The highest BCUT2D eigenvalue weighted by atomic mass is 14.8. The third-order valence-electron chi connectivity index (χ3n) is 1.89. The van der Waals surface area contributed by atoms with Crippen LogP contribution in [0.15, 0.2) is 23.2 Å². The van der Waals surface area contributed by atoms with Crippen molar-refractivity contribution in [3.05, 3.63) is 36.4 Å². The van der Waals surface area contributed by atoms with Crippen LogP contribution in [0.4, 0.5) is 5.69 Å². The van der Waals surface area contributed by atoms with E-state index in [0.717, 1.165) is 6.54 Å². The van der Waals surface area contributed by atoms with Crippen LogP contribution in [0.1, 0.15) is 11.1 Å². The van der Waals surface area contributed by atoms with E-state index >= 15 is 0 Å². The first-order valence-electron chi connectivity index (χ1n) is 3.65. The van der Waals surface area contributed by atoms with Crippen LogP contribution in [0.5, 0.6) is 0 Å². The van der Waals surface area contributed by atoms with Crippen LogP contribution in [-0.4, -0.2) is 6.21 Å². The van der Waals surface area contributed by atoms with Crippen LogP contribution in [0.25, 0.3) is 0 Å². The average Bonchev–Trinajstić information content (AvgIpc) is 2.50. The predicted molar refractivity (Wildman–Crippen MR) is 44.7 cm³/mol. The summed E-state index contributed by atoms with van der Waals surface area (Å²) in [4.78, 5) is 4.17. The van der Waals surface area contributed by atoms with Crippen molar-refractivity contribution in [2.24, 2.45) is 4.99 Å². The number of hydrogen-bond acceptors (Lipinski definition) is 1. The SMILES string of the molecule is [CH2-][NH2+]c1ccc2c(c1)CN=C2. The molecular weight excluding hydrogens is 136 g/mol. The fourth-order valence-electron chi connectivity index (χ4n) is 1.26. The fourth-order valence-corrected chi connectivity index (χ4v) is 1.26. The number of fused-ring (bicyclic) bond motifs is 1. The summed E-state index contributed by atoms with van der Waals surface area (Å²) in [7, 11) is 3.72. The highest BCUT2D eigenvalue weighted by Crippen LogP contribution is 2.16. The molecule has 0 radical (unpaired) electrons. The monoisotopic (exact) mass is 146 g/mol. The van der Waals surface area contributed by atoms with Crippen molar-refractivity contribution >= 4 is 11.9 Å². The van der Waals surface area contributed by atoms with E-state index in [4.69, 9.17) is 0 Å². The molecule has 0 amide bonds. The Morgan fingerprint density at radius 2 is 2.36 bits per heavy atom. The molecule has 1 aliphatic heterocycles. The van der Waals surface area contributed by atoms with E-state index in [-0.39, 0.29) is 0 Å². The number of rotatable bonds is 1. The minimum absolute atomic E-state index is 0.830. The van der Waals surface area contributed by atoms with Gasteiger partial charge in [0, 0.05) is 12.3 Å². The lowest BCUT2D eigenvalue weighted by atomic mass is 10.1. The normalized spacial score (nSPS) is 13.5. The maximum atomic E-state index is 4.17. The van der Waals surface area contributed by atoms with E-state index in [9.17, 15) is 0 Å². The minimum atomic E-state index is 0.830. The van der Waals surface area contributed by atoms with Crippen LogP contribution >= 0.6 is 0 Å². The zero-order valence-electron chi connectivity index (χ0n) is 6.25. The van der Waals surface area contributed by atoms with Crippen molar-refractivity contribution in [2.75, 3.05) is 0 Å². The lowest BCUT2D eigenvalue weighted by molar-refractivity contribution is -0.504. The summed E-state index contributed by atoms with van der Waals surface area (Å²) in [6.45, 7) is 0.830. The van der Waals surface area contributed by atoms with E-state index in [0.29, 0.717) is 0 Å². The van der Waals surface area contributed by atoms with Gasteiger partial charge in [0.05, 0.1) is 6.54 Å². The number of nitrogens with two attached hydrogens (primary N) is 1. The molecule has 0 saturated carbocycles. The molecule has 2 rings (SSSR count). The molecule has 0 spiro atoms. The maximum Gasteiger partial charge on any atom is 0.103 e. The molecule has 0 atom stereocenters. The molecule has 1 aromatic carbocycles. The maximum absolute atomic E-state index is 4.17. The van der Waals surface area contributed by atoms with E-state index in [2.05, 4.69) is 30.2 Å². The van der Waals surface area contributed by atoms with Crippen molar-refractivity contribution in [2.45, 2.75) is 6.54 Å². The molecule has 1 heterocycles. The van der Waals surface area contributed by atoms with Crippen molar-refractivity contribution in [3.8, 4) is 0 Å². The third-order valence-corrected chi connectivity index (χ3v) is 1.89. The predicted octanol–water partition coefficient (Wildman–Crippen LogP) is 0.606. The Balaban J connectivity index is 2.45. The molecular formula is C9H10N2. The molecule has 2 heteroatoms. The van der Waals surface area contributed by atoms with Crippen molar-refractivity contribution in [1.29, 1.82) is 0 Å². The second-order valence-corrected chi connectivity index (χ2v) is 2.63. The van der Waals surface area contributed by atoms with Gasteiger partial charge in [-0.2, -0.15) is 0 Å². The Kier molecular flexibility index (Phi) is 1.47. The van der Waals surface area contributed by atoms with E-state index < -0.39 is 0 Å². The molecule has 0 fully saturated rings. The number of benzene rings is 1. The first kappa shape index (κ1) is 6.55. The number of quaternary nitrogens is 1. The topological polar surface area (TPSA) is 29.0 Å². The van der Waals surface area contributed by atoms with E-state index in [1.807, 2.05) is 11.5 Å². The molecule has 1 aromatic rings.